The number of halogens is 2. The van der Waals surface area contributed by atoms with Crippen molar-refractivity contribution < 1.29 is 8.78 Å². The maximum absolute atomic E-state index is 13.3. The van der Waals surface area contributed by atoms with E-state index in [4.69, 9.17) is 0 Å². The van der Waals surface area contributed by atoms with Crippen molar-refractivity contribution >= 4 is 11.8 Å². The minimum atomic E-state index is -2.44. The topological polar surface area (TPSA) is 0 Å². The summed E-state index contributed by atoms with van der Waals surface area (Å²) in [5.74, 6) is 1.27. The maximum Gasteiger partial charge on any atom is 0.297 e. The Morgan fingerprint density at radius 1 is 1.25 bits per heavy atom. The first-order valence-electron chi connectivity index (χ1n) is 4.38. The molecule has 0 amide bonds. The van der Waals surface area contributed by atoms with Gasteiger partial charge >= 0.3 is 0 Å². The van der Waals surface area contributed by atoms with Crippen LogP contribution >= 0.6 is 11.8 Å². The fourth-order valence-corrected chi connectivity index (χ4v) is 4.36. The van der Waals surface area contributed by atoms with E-state index in [1.54, 1.807) is 0 Å². The molecule has 2 bridgehead atoms. The second-order valence-corrected chi connectivity index (χ2v) is 5.18. The van der Waals surface area contributed by atoms with E-state index in [0.717, 1.165) is 18.2 Å². The number of hydrogen-bond donors (Lipinski definition) is 0. The molecule has 0 aromatic rings. The Balaban J connectivity index is 2.00. The molecule has 0 N–H and O–H groups in total. The van der Waals surface area contributed by atoms with Gasteiger partial charge in [-0.2, -0.15) is 8.78 Å². The van der Waals surface area contributed by atoms with Crippen molar-refractivity contribution in [2.75, 3.05) is 5.75 Å². The molecule has 4 atom stereocenters. The van der Waals surface area contributed by atoms with Crippen LogP contribution in [0.5, 0.6) is 0 Å². The lowest BCUT2D eigenvalue weighted by atomic mass is 9.85. The molecule has 2 fully saturated rings. The molecule has 2 aliphatic carbocycles. The van der Waals surface area contributed by atoms with E-state index in [1.165, 1.54) is 0 Å². The molecule has 3 heteroatoms. The summed E-state index contributed by atoms with van der Waals surface area (Å²) in [7, 11) is 0. The summed E-state index contributed by atoms with van der Waals surface area (Å²) in [4.78, 5) is 0. The smallest absolute Gasteiger partial charge is 0.194 e. The third-order valence-corrected chi connectivity index (χ3v) is 4.69. The molecule has 12 heavy (non-hydrogen) atoms. The summed E-state index contributed by atoms with van der Waals surface area (Å²) >= 11 is 0.866. The fourth-order valence-electron chi connectivity index (χ4n) is 2.95. The molecule has 66 valence electrons. The van der Waals surface area contributed by atoms with Crippen LogP contribution in [0.1, 0.15) is 6.42 Å². The molecular formula is C9H10F2S. The molecule has 4 unspecified atom stereocenters. The molecule has 1 saturated heterocycles. The molecule has 1 saturated carbocycles. The monoisotopic (exact) mass is 188 g/mol. The van der Waals surface area contributed by atoms with Gasteiger partial charge in [0, 0.05) is 11.7 Å². The van der Waals surface area contributed by atoms with E-state index in [1.807, 2.05) is 6.08 Å². The molecule has 3 aliphatic rings. The number of rotatable bonds is 0. The van der Waals surface area contributed by atoms with Crippen molar-refractivity contribution in [1.82, 2.24) is 0 Å². The van der Waals surface area contributed by atoms with E-state index in [0.29, 0.717) is 11.7 Å². The lowest BCUT2D eigenvalue weighted by Crippen LogP contribution is -2.27. The predicted molar refractivity (Wildman–Crippen MR) is 45.1 cm³/mol. The van der Waals surface area contributed by atoms with Gasteiger partial charge in [0.1, 0.15) is 0 Å². The third kappa shape index (κ3) is 0.734. The van der Waals surface area contributed by atoms with Gasteiger partial charge in [-0.25, -0.2) is 0 Å². The number of hydrogen-bond acceptors (Lipinski definition) is 1. The highest BCUT2D eigenvalue weighted by Gasteiger charge is 2.60. The molecule has 0 aromatic carbocycles. The van der Waals surface area contributed by atoms with Crippen molar-refractivity contribution in [3.05, 3.63) is 12.2 Å². The van der Waals surface area contributed by atoms with Crippen molar-refractivity contribution in [1.29, 1.82) is 0 Å². The van der Waals surface area contributed by atoms with E-state index in [9.17, 15) is 8.78 Å². The van der Waals surface area contributed by atoms with Gasteiger partial charge in [0.25, 0.3) is 5.25 Å². The maximum atomic E-state index is 13.3. The normalized spacial score (nSPS) is 53.2. The number of thioether (sulfide) groups is 1. The van der Waals surface area contributed by atoms with Crippen LogP contribution in [0.15, 0.2) is 12.2 Å². The third-order valence-electron chi connectivity index (χ3n) is 3.48. The molecule has 3 rings (SSSR count). The summed E-state index contributed by atoms with van der Waals surface area (Å²) in [5, 5.41) is -2.44. The van der Waals surface area contributed by atoms with Crippen LogP contribution in [0.2, 0.25) is 0 Å². The van der Waals surface area contributed by atoms with Crippen LogP contribution in [0.3, 0.4) is 0 Å². The van der Waals surface area contributed by atoms with E-state index in [-0.39, 0.29) is 17.8 Å². The molecule has 0 radical (unpaired) electrons. The van der Waals surface area contributed by atoms with Crippen LogP contribution in [0.25, 0.3) is 0 Å². The highest BCUT2D eigenvalue weighted by Crippen LogP contribution is 2.62. The van der Waals surface area contributed by atoms with Gasteiger partial charge in [-0.3, -0.25) is 0 Å². The van der Waals surface area contributed by atoms with Crippen molar-refractivity contribution in [2.24, 2.45) is 23.7 Å². The largest absolute Gasteiger partial charge is 0.297 e. The van der Waals surface area contributed by atoms with Crippen molar-refractivity contribution in [3.8, 4) is 0 Å². The first-order valence-corrected chi connectivity index (χ1v) is 5.37. The summed E-state index contributed by atoms with van der Waals surface area (Å²) < 4.78 is 26.6. The Morgan fingerprint density at radius 2 is 2.00 bits per heavy atom. The molecule has 1 aliphatic heterocycles. The zero-order valence-corrected chi connectivity index (χ0v) is 7.36. The lowest BCUT2D eigenvalue weighted by molar-refractivity contribution is 0.0182. The SMILES string of the molecule is FC1(F)SCC2C3C=CC(C3)C21. The van der Waals surface area contributed by atoms with Crippen LogP contribution < -0.4 is 0 Å². The average molecular weight is 188 g/mol. The Kier molecular flexibility index (Phi) is 1.26. The predicted octanol–water partition coefficient (Wildman–Crippen LogP) is 2.76. The Morgan fingerprint density at radius 3 is 2.75 bits per heavy atom. The molecular weight excluding hydrogens is 178 g/mol. The minimum absolute atomic E-state index is 0.185. The summed E-state index contributed by atoms with van der Waals surface area (Å²) in [6, 6.07) is 0. The quantitative estimate of drug-likeness (QED) is 0.527. The second-order valence-electron chi connectivity index (χ2n) is 4.01. The summed E-state index contributed by atoms with van der Waals surface area (Å²) in [5.41, 5.74) is 0. The number of alkyl halides is 2. The van der Waals surface area contributed by atoms with Gasteiger partial charge in [-0.15, -0.1) is 0 Å². The minimum Gasteiger partial charge on any atom is -0.194 e. The van der Waals surface area contributed by atoms with Gasteiger partial charge in [0.2, 0.25) is 0 Å². The standard InChI is InChI=1S/C9H10F2S/c10-9(11)8-6-2-1-5(3-6)7(8)4-12-9/h1-2,5-8H,3-4H2. The van der Waals surface area contributed by atoms with Gasteiger partial charge in [-0.1, -0.05) is 23.9 Å². The van der Waals surface area contributed by atoms with Gasteiger partial charge in [-0.05, 0) is 24.2 Å². The highest BCUT2D eigenvalue weighted by molar-refractivity contribution is 8.00. The Bertz CT molecular complexity index is 249. The van der Waals surface area contributed by atoms with Gasteiger partial charge in [0.05, 0.1) is 0 Å². The lowest BCUT2D eigenvalue weighted by Gasteiger charge is -2.23. The van der Waals surface area contributed by atoms with E-state index >= 15 is 0 Å². The van der Waals surface area contributed by atoms with E-state index in [2.05, 4.69) is 6.08 Å². The Hall–Kier alpha value is -0.0500. The van der Waals surface area contributed by atoms with Gasteiger partial charge < -0.3 is 0 Å². The fraction of sp³-hybridized carbons (Fsp3) is 0.778. The number of allylic oxidation sites excluding steroid dienone is 2. The molecule has 0 aromatic heterocycles. The van der Waals surface area contributed by atoms with Crippen LogP contribution in [0, 0.1) is 23.7 Å². The number of fused-ring (bicyclic) bond motifs is 5. The van der Waals surface area contributed by atoms with Crippen LogP contribution in [-0.2, 0) is 0 Å². The Labute approximate surface area is 74.4 Å². The van der Waals surface area contributed by atoms with Crippen LogP contribution in [-0.4, -0.2) is 11.0 Å². The van der Waals surface area contributed by atoms with Crippen molar-refractivity contribution in [2.45, 2.75) is 11.7 Å². The molecule has 1 heterocycles. The zero-order valence-electron chi connectivity index (χ0n) is 6.54. The van der Waals surface area contributed by atoms with E-state index < -0.39 is 5.25 Å². The van der Waals surface area contributed by atoms with Crippen LogP contribution in [0.4, 0.5) is 8.78 Å². The first kappa shape index (κ1) is 7.36. The molecule has 0 nitrogen and oxygen atoms in total. The van der Waals surface area contributed by atoms with Crippen molar-refractivity contribution in [3.63, 3.8) is 0 Å². The zero-order chi connectivity index (χ0) is 8.34. The second kappa shape index (κ2) is 2.06. The molecule has 0 spiro atoms. The summed E-state index contributed by atoms with van der Waals surface area (Å²) in [6.45, 7) is 0. The van der Waals surface area contributed by atoms with Gasteiger partial charge in [0.15, 0.2) is 0 Å². The highest BCUT2D eigenvalue weighted by atomic mass is 32.2. The summed E-state index contributed by atoms with van der Waals surface area (Å²) in [6.07, 6.45) is 5.14. The first-order chi connectivity index (χ1) is 5.68. The average Bonchev–Trinajstić information content (AvgIpc) is 2.61.